The number of rotatable bonds is 5. The largest absolute Gasteiger partial charge is 0.493 e. The highest BCUT2D eigenvalue weighted by Gasteiger charge is 2.28. The number of piperidine rings is 1. The Hall–Kier alpha value is -2.24. The van der Waals surface area contributed by atoms with E-state index in [1.807, 2.05) is 18.2 Å². The van der Waals surface area contributed by atoms with Gasteiger partial charge in [0.1, 0.15) is 0 Å². The number of benzene rings is 1. The standard InChI is InChI=1S/C19H28N2O4/c1-13-9-14(2)12-21(11-13)19(23)18(22)20-8-7-15-5-6-16(24-3)17(10-15)25-4/h5-6,10,13-14H,7-9,11-12H2,1-4H3,(H,20,22). The molecule has 0 aromatic heterocycles. The fraction of sp³-hybridized carbons (Fsp3) is 0.579. The monoisotopic (exact) mass is 348 g/mol. The zero-order chi connectivity index (χ0) is 18.4. The lowest BCUT2D eigenvalue weighted by Crippen LogP contribution is -2.49. The van der Waals surface area contributed by atoms with Gasteiger partial charge in [-0.3, -0.25) is 9.59 Å². The predicted molar refractivity (Wildman–Crippen MR) is 95.8 cm³/mol. The van der Waals surface area contributed by atoms with Crippen LogP contribution < -0.4 is 14.8 Å². The molecular formula is C19H28N2O4. The lowest BCUT2D eigenvalue weighted by atomic mass is 9.92. The first kappa shape index (κ1) is 19.1. The van der Waals surface area contributed by atoms with Crippen LogP contribution >= 0.6 is 0 Å². The minimum absolute atomic E-state index is 0.402. The number of carbonyl (C=O) groups excluding carboxylic acids is 2. The zero-order valence-electron chi connectivity index (χ0n) is 15.5. The van der Waals surface area contributed by atoms with E-state index in [4.69, 9.17) is 9.47 Å². The Bertz CT molecular complexity index is 607. The molecule has 0 bridgehead atoms. The van der Waals surface area contributed by atoms with Gasteiger partial charge in [0.05, 0.1) is 14.2 Å². The van der Waals surface area contributed by atoms with Crippen molar-refractivity contribution < 1.29 is 19.1 Å². The van der Waals surface area contributed by atoms with Gasteiger partial charge in [0, 0.05) is 19.6 Å². The molecule has 0 aliphatic carbocycles. The van der Waals surface area contributed by atoms with Crippen LogP contribution in [0, 0.1) is 11.8 Å². The van der Waals surface area contributed by atoms with Crippen molar-refractivity contribution in [3.8, 4) is 11.5 Å². The number of methoxy groups -OCH3 is 2. The van der Waals surface area contributed by atoms with Gasteiger partial charge in [-0.05, 0) is 42.4 Å². The summed E-state index contributed by atoms with van der Waals surface area (Å²) in [5.41, 5.74) is 1.01. The third-order valence-corrected chi connectivity index (χ3v) is 4.50. The number of carbonyl (C=O) groups is 2. The summed E-state index contributed by atoms with van der Waals surface area (Å²) < 4.78 is 10.5. The van der Waals surface area contributed by atoms with Crippen molar-refractivity contribution in [3.05, 3.63) is 23.8 Å². The van der Waals surface area contributed by atoms with E-state index in [0.717, 1.165) is 12.0 Å². The van der Waals surface area contributed by atoms with Crippen LogP contribution in [0.1, 0.15) is 25.8 Å². The lowest BCUT2D eigenvalue weighted by Gasteiger charge is -2.34. The second-order valence-electron chi connectivity index (χ2n) is 6.85. The maximum atomic E-state index is 12.3. The van der Waals surface area contributed by atoms with Crippen molar-refractivity contribution in [2.75, 3.05) is 33.9 Å². The molecule has 1 aliphatic rings. The first-order chi connectivity index (χ1) is 11.9. The Morgan fingerprint density at radius 3 is 2.36 bits per heavy atom. The van der Waals surface area contributed by atoms with Crippen LogP contribution in [-0.2, 0) is 16.0 Å². The van der Waals surface area contributed by atoms with Crippen molar-refractivity contribution in [2.45, 2.75) is 26.7 Å². The SMILES string of the molecule is COc1ccc(CCNC(=O)C(=O)N2CC(C)CC(C)C2)cc1OC. The van der Waals surface area contributed by atoms with E-state index >= 15 is 0 Å². The summed E-state index contributed by atoms with van der Waals surface area (Å²) >= 11 is 0. The summed E-state index contributed by atoms with van der Waals surface area (Å²) in [4.78, 5) is 26.1. The van der Waals surface area contributed by atoms with Gasteiger partial charge in [-0.25, -0.2) is 0 Å². The van der Waals surface area contributed by atoms with Crippen molar-refractivity contribution in [1.29, 1.82) is 0 Å². The molecule has 138 valence electrons. The Labute approximate surface area is 149 Å². The Balaban J connectivity index is 1.84. The molecule has 2 rings (SSSR count). The topological polar surface area (TPSA) is 67.9 Å². The van der Waals surface area contributed by atoms with Crippen LogP contribution in [-0.4, -0.2) is 50.6 Å². The lowest BCUT2D eigenvalue weighted by molar-refractivity contribution is -0.147. The summed E-state index contributed by atoms with van der Waals surface area (Å²) in [6.07, 6.45) is 1.72. The Morgan fingerprint density at radius 1 is 1.12 bits per heavy atom. The normalized spacial score (nSPS) is 20.1. The van der Waals surface area contributed by atoms with Crippen LogP contribution in [0.3, 0.4) is 0 Å². The predicted octanol–water partition coefficient (Wildman–Crippen LogP) is 1.87. The Morgan fingerprint density at radius 2 is 1.76 bits per heavy atom. The Kier molecular flexibility index (Phi) is 6.67. The number of amides is 2. The molecule has 2 atom stereocenters. The summed E-state index contributed by atoms with van der Waals surface area (Å²) in [6, 6.07) is 5.63. The molecule has 0 spiro atoms. The highest BCUT2D eigenvalue weighted by molar-refractivity contribution is 6.35. The second kappa shape index (κ2) is 8.74. The van der Waals surface area contributed by atoms with Crippen LogP contribution in [0.15, 0.2) is 18.2 Å². The molecule has 0 saturated carbocycles. The molecule has 1 heterocycles. The van der Waals surface area contributed by atoms with Crippen LogP contribution in [0.4, 0.5) is 0 Å². The van der Waals surface area contributed by atoms with Crippen molar-refractivity contribution in [2.24, 2.45) is 11.8 Å². The molecule has 1 aliphatic heterocycles. The van der Waals surface area contributed by atoms with Crippen LogP contribution in [0.2, 0.25) is 0 Å². The number of hydrogen-bond acceptors (Lipinski definition) is 4. The molecule has 1 fully saturated rings. The number of nitrogens with one attached hydrogen (secondary N) is 1. The summed E-state index contributed by atoms with van der Waals surface area (Å²) in [6.45, 7) is 5.95. The zero-order valence-corrected chi connectivity index (χ0v) is 15.5. The first-order valence-electron chi connectivity index (χ1n) is 8.72. The van der Waals surface area contributed by atoms with Gasteiger partial charge >= 0.3 is 11.8 Å². The summed E-state index contributed by atoms with van der Waals surface area (Å²) in [5.74, 6) is 1.24. The molecule has 2 unspecified atom stereocenters. The maximum Gasteiger partial charge on any atom is 0.311 e. The highest BCUT2D eigenvalue weighted by atomic mass is 16.5. The fourth-order valence-corrected chi connectivity index (χ4v) is 3.40. The van der Waals surface area contributed by atoms with Gasteiger partial charge in [0.2, 0.25) is 0 Å². The smallest absolute Gasteiger partial charge is 0.311 e. The molecule has 0 radical (unpaired) electrons. The van der Waals surface area contributed by atoms with Crippen molar-refractivity contribution >= 4 is 11.8 Å². The molecule has 6 heteroatoms. The van der Waals surface area contributed by atoms with Gasteiger partial charge in [-0.2, -0.15) is 0 Å². The average Bonchev–Trinajstić information content (AvgIpc) is 2.59. The first-order valence-corrected chi connectivity index (χ1v) is 8.72. The maximum absolute atomic E-state index is 12.3. The summed E-state index contributed by atoms with van der Waals surface area (Å²) in [7, 11) is 3.17. The quantitative estimate of drug-likeness (QED) is 0.825. The highest BCUT2D eigenvalue weighted by Crippen LogP contribution is 2.27. The van der Waals surface area contributed by atoms with E-state index in [-0.39, 0.29) is 0 Å². The minimum Gasteiger partial charge on any atom is -0.493 e. The molecular weight excluding hydrogens is 320 g/mol. The molecule has 1 aromatic carbocycles. The number of nitrogens with zero attached hydrogens (tertiary/aromatic N) is 1. The van der Waals surface area contributed by atoms with E-state index in [1.165, 1.54) is 0 Å². The molecule has 1 saturated heterocycles. The van der Waals surface area contributed by atoms with E-state index < -0.39 is 11.8 Å². The number of likely N-dealkylation sites (tertiary alicyclic amines) is 1. The van der Waals surface area contributed by atoms with Gasteiger partial charge in [0.25, 0.3) is 0 Å². The van der Waals surface area contributed by atoms with Crippen LogP contribution in [0.5, 0.6) is 11.5 Å². The van der Waals surface area contributed by atoms with Crippen molar-refractivity contribution in [1.82, 2.24) is 10.2 Å². The minimum atomic E-state index is -0.526. The van der Waals surface area contributed by atoms with Gasteiger partial charge in [-0.15, -0.1) is 0 Å². The average molecular weight is 348 g/mol. The number of ether oxygens (including phenoxy) is 2. The third kappa shape index (κ3) is 5.11. The van der Waals surface area contributed by atoms with E-state index in [9.17, 15) is 9.59 Å². The van der Waals surface area contributed by atoms with Gasteiger partial charge in [-0.1, -0.05) is 19.9 Å². The van der Waals surface area contributed by atoms with Gasteiger partial charge < -0.3 is 19.7 Å². The summed E-state index contributed by atoms with van der Waals surface area (Å²) in [5, 5.41) is 2.72. The van der Waals surface area contributed by atoms with E-state index in [1.54, 1.807) is 19.1 Å². The van der Waals surface area contributed by atoms with Crippen LogP contribution in [0.25, 0.3) is 0 Å². The molecule has 1 aromatic rings. The molecule has 1 N–H and O–H groups in total. The second-order valence-corrected chi connectivity index (χ2v) is 6.85. The third-order valence-electron chi connectivity index (χ3n) is 4.50. The van der Waals surface area contributed by atoms with Crippen molar-refractivity contribution in [3.63, 3.8) is 0 Å². The molecule has 6 nitrogen and oxygen atoms in total. The van der Waals surface area contributed by atoms with Gasteiger partial charge in [0.15, 0.2) is 11.5 Å². The van der Waals surface area contributed by atoms with E-state index in [0.29, 0.717) is 49.4 Å². The fourth-order valence-electron chi connectivity index (χ4n) is 3.40. The molecule has 25 heavy (non-hydrogen) atoms. The number of hydrogen-bond donors (Lipinski definition) is 1. The molecule has 2 amide bonds. The van der Waals surface area contributed by atoms with E-state index in [2.05, 4.69) is 19.2 Å².